The third-order valence-corrected chi connectivity index (χ3v) is 5.82. The van der Waals surface area contributed by atoms with Crippen LogP contribution in [0.15, 0.2) is 11.4 Å². The van der Waals surface area contributed by atoms with Gasteiger partial charge in [0.25, 0.3) is 5.91 Å². The quantitative estimate of drug-likeness (QED) is 0.930. The lowest BCUT2D eigenvalue weighted by Gasteiger charge is -2.25. The summed E-state index contributed by atoms with van der Waals surface area (Å²) in [5.74, 6) is 0.525. The van der Waals surface area contributed by atoms with Crippen molar-refractivity contribution < 1.29 is 9.90 Å². The Labute approximate surface area is 130 Å². The Bertz CT molecular complexity index is 508. The van der Waals surface area contributed by atoms with Gasteiger partial charge in [-0.15, -0.1) is 11.3 Å². The number of aliphatic hydroxyl groups is 1. The van der Waals surface area contributed by atoms with E-state index in [1.165, 1.54) is 17.7 Å². The minimum absolute atomic E-state index is 0.0684. The smallest absolute Gasteiger partial charge is 0.254 e. The number of hydrogen-bond acceptors (Lipinski definition) is 4. The molecule has 116 valence electrons. The summed E-state index contributed by atoms with van der Waals surface area (Å²) in [4.78, 5) is 18.0. The van der Waals surface area contributed by atoms with Gasteiger partial charge in [-0.05, 0) is 37.9 Å². The molecule has 0 aromatic carbocycles. The lowest BCUT2D eigenvalue weighted by atomic mass is 10.1. The normalized spacial score (nSPS) is 27.0. The summed E-state index contributed by atoms with van der Waals surface area (Å²) in [5.41, 5.74) is 0.776. The summed E-state index contributed by atoms with van der Waals surface area (Å²) >= 11 is 1.65. The van der Waals surface area contributed by atoms with E-state index in [1.807, 2.05) is 16.3 Å². The fourth-order valence-corrected chi connectivity index (χ4v) is 4.22. The Balaban J connectivity index is 1.67. The van der Waals surface area contributed by atoms with E-state index in [-0.39, 0.29) is 11.9 Å². The first kappa shape index (κ1) is 15.0. The number of β-amino-alcohol motifs (C(OH)–C–C–N with tert-alkyl or cyclic N) is 1. The zero-order chi connectivity index (χ0) is 15.0. The van der Waals surface area contributed by atoms with Crippen LogP contribution in [0.3, 0.4) is 0 Å². The van der Waals surface area contributed by atoms with Gasteiger partial charge in [0.15, 0.2) is 0 Å². The van der Waals surface area contributed by atoms with E-state index in [0.717, 1.165) is 18.7 Å². The molecule has 0 spiro atoms. The molecule has 2 saturated heterocycles. The highest BCUT2D eigenvalue weighted by Gasteiger charge is 2.38. The van der Waals surface area contributed by atoms with Crippen molar-refractivity contribution in [2.45, 2.75) is 44.8 Å². The van der Waals surface area contributed by atoms with E-state index < -0.39 is 6.10 Å². The summed E-state index contributed by atoms with van der Waals surface area (Å²) in [6, 6.07) is 2.13. The monoisotopic (exact) mass is 308 g/mol. The van der Waals surface area contributed by atoms with Gasteiger partial charge in [0.2, 0.25) is 0 Å². The average molecular weight is 308 g/mol. The number of thiophene rings is 1. The first-order valence-corrected chi connectivity index (χ1v) is 8.74. The molecule has 2 aliphatic heterocycles. The first-order chi connectivity index (χ1) is 10.1. The fraction of sp³-hybridized carbons (Fsp3) is 0.688. The van der Waals surface area contributed by atoms with Crippen LogP contribution in [0.4, 0.5) is 0 Å². The predicted octanol–water partition coefficient (Wildman–Crippen LogP) is 2.15. The number of amides is 1. The van der Waals surface area contributed by atoms with Gasteiger partial charge in [0.1, 0.15) is 0 Å². The minimum atomic E-state index is -0.407. The standard InChI is InChI=1S/C16H24N2O2S/c1-11(2)15-7-12(10-21-15)16(20)18-8-13(14(19)9-18)17-5-3-4-6-17/h7,10-11,13-14,19H,3-6,8-9H2,1-2H3/t13-,14-/m0/s1. The molecule has 1 N–H and O–H groups in total. The Morgan fingerprint density at radius 1 is 1.33 bits per heavy atom. The first-order valence-electron chi connectivity index (χ1n) is 7.86. The van der Waals surface area contributed by atoms with Crippen molar-refractivity contribution in [2.75, 3.05) is 26.2 Å². The third kappa shape index (κ3) is 3.00. The van der Waals surface area contributed by atoms with Crippen LogP contribution in [0.25, 0.3) is 0 Å². The molecule has 1 aromatic heterocycles. The second kappa shape index (κ2) is 6.07. The Hall–Kier alpha value is -0.910. The van der Waals surface area contributed by atoms with Gasteiger partial charge in [-0.3, -0.25) is 9.69 Å². The van der Waals surface area contributed by atoms with Crippen LogP contribution in [-0.2, 0) is 0 Å². The topological polar surface area (TPSA) is 43.8 Å². The highest BCUT2D eigenvalue weighted by atomic mass is 32.1. The number of likely N-dealkylation sites (tertiary alicyclic amines) is 2. The van der Waals surface area contributed by atoms with Crippen LogP contribution in [0.2, 0.25) is 0 Å². The van der Waals surface area contributed by atoms with Crippen molar-refractivity contribution in [3.05, 3.63) is 21.9 Å². The van der Waals surface area contributed by atoms with Gasteiger partial charge < -0.3 is 10.0 Å². The van der Waals surface area contributed by atoms with Crippen molar-refractivity contribution in [2.24, 2.45) is 0 Å². The van der Waals surface area contributed by atoms with E-state index in [9.17, 15) is 9.90 Å². The van der Waals surface area contributed by atoms with Gasteiger partial charge in [-0.2, -0.15) is 0 Å². The van der Waals surface area contributed by atoms with E-state index in [2.05, 4.69) is 18.7 Å². The zero-order valence-electron chi connectivity index (χ0n) is 12.8. The van der Waals surface area contributed by atoms with Crippen molar-refractivity contribution in [3.63, 3.8) is 0 Å². The van der Waals surface area contributed by atoms with Crippen molar-refractivity contribution >= 4 is 17.2 Å². The van der Waals surface area contributed by atoms with Crippen molar-refractivity contribution in [3.8, 4) is 0 Å². The summed E-state index contributed by atoms with van der Waals surface area (Å²) in [7, 11) is 0. The molecule has 0 bridgehead atoms. The van der Waals surface area contributed by atoms with Crippen LogP contribution >= 0.6 is 11.3 Å². The molecule has 21 heavy (non-hydrogen) atoms. The van der Waals surface area contributed by atoms with E-state index >= 15 is 0 Å². The average Bonchev–Trinajstić information content (AvgIpc) is 3.18. The Morgan fingerprint density at radius 3 is 2.67 bits per heavy atom. The molecule has 2 atom stereocenters. The van der Waals surface area contributed by atoms with Crippen molar-refractivity contribution in [1.82, 2.24) is 9.80 Å². The van der Waals surface area contributed by atoms with Gasteiger partial charge in [-0.25, -0.2) is 0 Å². The second-order valence-corrected chi connectivity index (χ2v) is 7.42. The number of carbonyl (C=O) groups is 1. The van der Waals surface area contributed by atoms with Gasteiger partial charge in [0.05, 0.1) is 17.7 Å². The molecule has 4 nitrogen and oxygen atoms in total. The van der Waals surface area contributed by atoms with E-state index in [4.69, 9.17) is 0 Å². The predicted molar refractivity (Wildman–Crippen MR) is 84.9 cm³/mol. The number of nitrogens with zero attached hydrogens (tertiary/aromatic N) is 2. The molecular weight excluding hydrogens is 284 g/mol. The highest BCUT2D eigenvalue weighted by molar-refractivity contribution is 7.10. The molecule has 2 fully saturated rings. The van der Waals surface area contributed by atoms with E-state index in [0.29, 0.717) is 19.0 Å². The molecule has 0 saturated carbocycles. The highest BCUT2D eigenvalue weighted by Crippen LogP contribution is 2.26. The van der Waals surface area contributed by atoms with E-state index in [1.54, 1.807) is 11.3 Å². The molecule has 3 rings (SSSR count). The molecule has 3 heterocycles. The maximum Gasteiger partial charge on any atom is 0.254 e. The molecular formula is C16H24N2O2S. The molecule has 0 unspecified atom stereocenters. The summed E-state index contributed by atoms with van der Waals surface area (Å²) in [6.45, 7) is 7.52. The summed E-state index contributed by atoms with van der Waals surface area (Å²) < 4.78 is 0. The maximum absolute atomic E-state index is 12.6. The molecule has 2 aliphatic rings. The Kier molecular flexibility index (Phi) is 4.33. The minimum Gasteiger partial charge on any atom is -0.390 e. The van der Waals surface area contributed by atoms with Crippen LogP contribution < -0.4 is 0 Å². The number of hydrogen-bond donors (Lipinski definition) is 1. The second-order valence-electron chi connectivity index (χ2n) is 6.48. The summed E-state index contributed by atoms with van der Waals surface area (Å²) in [6.07, 6.45) is 2.01. The lowest BCUT2D eigenvalue weighted by molar-refractivity contribution is 0.0763. The largest absolute Gasteiger partial charge is 0.390 e. The molecule has 1 aromatic rings. The van der Waals surface area contributed by atoms with Gasteiger partial charge >= 0.3 is 0 Å². The summed E-state index contributed by atoms with van der Waals surface area (Å²) in [5, 5.41) is 12.2. The number of aliphatic hydroxyl groups excluding tert-OH is 1. The van der Waals surface area contributed by atoms with Crippen LogP contribution in [0, 0.1) is 0 Å². The number of rotatable bonds is 3. The molecule has 0 radical (unpaired) electrons. The third-order valence-electron chi connectivity index (χ3n) is 4.59. The fourth-order valence-electron chi connectivity index (χ4n) is 3.32. The van der Waals surface area contributed by atoms with Gasteiger partial charge in [0, 0.05) is 23.3 Å². The zero-order valence-corrected chi connectivity index (χ0v) is 13.6. The van der Waals surface area contributed by atoms with Crippen LogP contribution in [0.5, 0.6) is 0 Å². The maximum atomic E-state index is 12.6. The number of carbonyl (C=O) groups excluding carboxylic acids is 1. The van der Waals surface area contributed by atoms with Crippen LogP contribution in [-0.4, -0.2) is 59.1 Å². The molecule has 0 aliphatic carbocycles. The Morgan fingerprint density at radius 2 is 2.05 bits per heavy atom. The SMILES string of the molecule is CC(C)c1cc(C(=O)N2C[C@H](O)[C@@H](N3CCCC3)C2)cs1. The molecule has 1 amide bonds. The lowest BCUT2D eigenvalue weighted by Crippen LogP contribution is -2.41. The van der Waals surface area contributed by atoms with Gasteiger partial charge in [-0.1, -0.05) is 13.8 Å². The van der Waals surface area contributed by atoms with Crippen LogP contribution in [0.1, 0.15) is 47.8 Å². The molecule has 5 heteroatoms. The van der Waals surface area contributed by atoms with Crippen molar-refractivity contribution in [1.29, 1.82) is 0 Å².